The van der Waals surface area contributed by atoms with Crippen molar-refractivity contribution in [3.8, 4) is 5.75 Å². The number of nitrogens with zero attached hydrogens (tertiary/aromatic N) is 1. The van der Waals surface area contributed by atoms with Crippen LogP contribution in [0.5, 0.6) is 5.75 Å². The minimum Gasteiger partial charge on any atom is -0.494 e. The van der Waals surface area contributed by atoms with Gasteiger partial charge in [0.1, 0.15) is 11.3 Å². The highest BCUT2D eigenvalue weighted by Gasteiger charge is 2.10. The van der Waals surface area contributed by atoms with Crippen molar-refractivity contribution in [1.29, 1.82) is 0 Å². The summed E-state index contributed by atoms with van der Waals surface area (Å²) in [5.74, 6) is 1.36. The van der Waals surface area contributed by atoms with Crippen LogP contribution in [-0.2, 0) is 4.79 Å². The lowest BCUT2D eigenvalue weighted by Crippen LogP contribution is -2.13. The maximum Gasteiger partial charge on any atom is 0.225 e. The van der Waals surface area contributed by atoms with Gasteiger partial charge < -0.3 is 10.1 Å². The molecule has 1 amide bonds. The van der Waals surface area contributed by atoms with E-state index in [-0.39, 0.29) is 5.91 Å². The van der Waals surface area contributed by atoms with E-state index in [1.165, 1.54) is 0 Å². The third kappa shape index (κ3) is 4.54. The largest absolute Gasteiger partial charge is 0.494 e. The number of aromatic nitrogens is 1. The van der Waals surface area contributed by atoms with Crippen LogP contribution in [0.3, 0.4) is 0 Å². The number of rotatable bonds is 6. The summed E-state index contributed by atoms with van der Waals surface area (Å²) in [5, 5.41) is 5.53. The molecule has 0 aliphatic heterocycles. The van der Waals surface area contributed by atoms with Crippen molar-refractivity contribution in [2.75, 3.05) is 18.2 Å². The number of carbonyl (C=O) groups is 1. The maximum atomic E-state index is 12.2. The Morgan fingerprint density at radius 1 is 1.22 bits per heavy atom. The van der Waals surface area contributed by atoms with Crippen molar-refractivity contribution in [1.82, 2.24) is 4.98 Å². The van der Waals surface area contributed by atoms with E-state index in [1.54, 1.807) is 18.9 Å². The molecule has 0 saturated heterocycles. The van der Waals surface area contributed by atoms with Crippen molar-refractivity contribution in [2.24, 2.45) is 0 Å². The molecule has 0 unspecified atom stereocenters. The summed E-state index contributed by atoms with van der Waals surface area (Å²) >= 11 is 7.66. The molecule has 0 bridgehead atoms. The van der Waals surface area contributed by atoms with Gasteiger partial charge in [-0.15, -0.1) is 11.8 Å². The number of hydrogen-bond acceptors (Lipinski definition) is 4. The van der Waals surface area contributed by atoms with Crippen LogP contribution in [0.15, 0.2) is 47.5 Å². The number of thioether (sulfide) groups is 1. The van der Waals surface area contributed by atoms with E-state index in [1.807, 2.05) is 49.4 Å². The number of pyridine rings is 1. The van der Waals surface area contributed by atoms with Gasteiger partial charge in [0.25, 0.3) is 0 Å². The summed E-state index contributed by atoms with van der Waals surface area (Å²) in [7, 11) is 1.65. The van der Waals surface area contributed by atoms with Gasteiger partial charge in [-0.05, 0) is 49.2 Å². The Morgan fingerprint density at radius 2 is 2.00 bits per heavy atom. The van der Waals surface area contributed by atoms with Crippen LogP contribution in [0.2, 0.25) is 5.02 Å². The third-order valence-corrected chi connectivity index (χ3v) is 5.65. The topological polar surface area (TPSA) is 51.2 Å². The molecule has 2 aromatic carbocycles. The Hall–Kier alpha value is -2.24. The number of hydrogen-bond donors (Lipinski definition) is 1. The Kier molecular flexibility index (Phi) is 6.24. The highest BCUT2D eigenvalue weighted by Crippen LogP contribution is 2.30. The van der Waals surface area contributed by atoms with Crippen LogP contribution in [0.25, 0.3) is 10.9 Å². The van der Waals surface area contributed by atoms with E-state index in [2.05, 4.69) is 12.2 Å². The molecule has 140 valence electrons. The number of nitrogens with one attached hydrogen (secondary N) is 1. The Labute approximate surface area is 168 Å². The lowest BCUT2D eigenvalue weighted by atomic mass is 10.1. The molecule has 0 spiro atoms. The molecule has 3 rings (SSSR count). The summed E-state index contributed by atoms with van der Waals surface area (Å²) in [6.07, 6.45) is 0.390. The van der Waals surface area contributed by atoms with Gasteiger partial charge in [0.05, 0.1) is 12.1 Å². The molecule has 0 saturated carbocycles. The summed E-state index contributed by atoms with van der Waals surface area (Å²) < 4.78 is 5.42. The van der Waals surface area contributed by atoms with Crippen molar-refractivity contribution >= 4 is 45.9 Å². The van der Waals surface area contributed by atoms with E-state index in [0.717, 1.165) is 38.5 Å². The average molecular weight is 401 g/mol. The highest BCUT2D eigenvalue weighted by molar-refractivity contribution is 7.99. The number of carbonyl (C=O) groups excluding carboxylic acids is 1. The van der Waals surface area contributed by atoms with Gasteiger partial charge in [-0.2, -0.15) is 0 Å². The predicted molar refractivity (Wildman–Crippen MR) is 113 cm³/mol. The first kappa shape index (κ1) is 19.5. The molecule has 0 atom stereocenters. The minimum atomic E-state index is -0.0389. The van der Waals surface area contributed by atoms with Gasteiger partial charge in [-0.25, -0.2) is 4.98 Å². The van der Waals surface area contributed by atoms with E-state index < -0.39 is 0 Å². The van der Waals surface area contributed by atoms with Crippen LogP contribution in [0.1, 0.15) is 17.5 Å². The zero-order chi connectivity index (χ0) is 19.4. The van der Waals surface area contributed by atoms with Gasteiger partial charge in [0.2, 0.25) is 5.91 Å². The van der Waals surface area contributed by atoms with Crippen LogP contribution < -0.4 is 10.1 Å². The lowest BCUT2D eigenvalue weighted by Gasteiger charge is -2.10. The van der Waals surface area contributed by atoms with Crippen LogP contribution in [-0.4, -0.2) is 23.8 Å². The number of ether oxygens (including phenoxy) is 1. The maximum absolute atomic E-state index is 12.2. The molecule has 1 N–H and O–H groups in total. The SMILES string of the molecule is COc1cccc2c(C)cc(SCCC(=O)Nc3cccc(Cl)c3C)nc12. The number of methoxy groups -OCH3 is 1. The first-order valence-corrected chi connectivity index (χ1v) is 9.98. The van der Waals surface area contributed by atoms with Gasteiger partial charge in [-0.3, -0.25) is 4.79 Å². The van der Waals surface area contributed by atoms with E-state index in [9.17, 15) is 4.79 Å². The molecule has 27 heavy (non-hydrogen) atoms. The highest BCUT2D eigenvalue weighted by atomic mass is 35.5. The Morgan fingerprint density at radius 3 is 2.78 bits per heavy atom. The van der Waals surface area contributed by atoms with Crippen LogP contribution in [0.4, 0.5) is 5.69 Å². The fraction of sp³-hybridized carbons (Fsp3) is 0.238. The summed E-state index contributed by atoms with van der Waals surface area (Å²) in [6, 6.07) is 13.4. The monoisotopic (exact) mass is 400 g/mol. The van der Waals surface area contributed by atoms with Gasteiger partial charge in [0.15, 0.2) is 0 Å². The Bertz CT molecular complexity index is 991. The summed E-state index contributed by atoms with van der Waals surface area (Å²) in [6.45, 7) is 3.95. The molecule has 3 aromatic rings. The fourth-order valence-electron chi connectivity index (χ4n) is 2.80. The molecule has 1 aromatic heterocycles. The van der Waals surface area contributed by atoms with Crippen molar-refractivity contribution in [3.05, 3.63) is 58.6 Å². The summed E-state index contributed by atoms with van der Waals surface area (Å²) in [4.78, 5) is 16.9. The number of aryl methyl sites for hydroxylation is 1. The van der Waals surface area contributed by atoms with E-state index in [0.29, 0.717) is 17.2 Å². The second-order valence-electron chi connectivity index (χ2n) is 6.19. The van der Waals surface area contributed by atoms with E-state index >= 15 is 0 Å². The number of amides is 1. The molecular weight excluding hydrogens is 380 g/mol. The lowest BCUT2D eigenvalue weighted by molar-refractivity contribution is -0.115. The second-order valence-corrected chi connectivity index (χ2v) is 7.72. The second kappa shape index (κ2) is 8.63. The number of benzene rings is 2. The first-order valence-electron chi connectivity index (χ1n) is 8.61. The van der Waals surface area contributed by atoms with Gasteiger partial charge in [-0.1, -0.05) is 29.8 Å². The van der Waals surface area contributed by atoms with E-state index in [4.69, 9.17) is 21.3 Å². The molecule has 0 fully saturated rings. The fourth-order valence-corrected chi connectivity index (χ4v) is 3.89. The number of anilines is 1. The van der Waals surface area contributed by atoms with Crippen LogP contribution in [0, 0.1) is 13.8 Å². The molecule has 1 heterocycles. The molecule has 4 nitrogen and oxygen atoms in total. The molecule has 6 heteroatoms. The van der Waals surface area contributed by atoms with Crippen LogP contribution >= 0.6 is 23.4 Å². The van der Waals surface area contributed by atoms with Gasteiger partial charge >= 0.3 is 0 Å². The first-order chi connectivity index (χ1) is 13.0. The molecule has 0 aliphatic rings. The van der Waals surface area contributed by atoms with Crippen molar-refractivity contribution in [3.63, 3.8) is 0 Å². The quantitative estimate of drug-likeness (QED) is 0.544. The smallest absolute Gasteiger partial charge is 0.225 e. The van der Waals surface area contributed by atoms with Gasteiger partial charge in [0, 0.05) is 28.3 Å². The molecule has 0 radical (unpaired) electrons. The number of fused-ring (bicyclic) bond motifs is 1. The van der Waals surface area contributed by atoms with Crippen molar-refractivity contribution in [2.45, 2.75) is 25.3 Å². The third-order valence-electron chi connectivity index (χ3n) is 4.33. The number of para-hydroxylation sites is 1. The van der Waals surface area contributed by atoms with Crippen molar-refractivity contribution < 1.29 is 9.53 Å². The molecular formula is C21H21ClN2O2S. The zero-order valence-corrected chi connectivity index (χ0v) is 17.1. The normalized spacial score (nSPS) is 10.8. The number of halogens is 1. The predicted octanol–water partition coefficient (Wildman–Crippen LogP) is 5.63. The molecule has 0 aliphatic carbocycles. The summed E-state index contributed by atoms with van der Waals surface area (Å²) in [5.41, 5.74) is 3.61. The minimum absolute atomic E-state index is 0.0389. The zero-order valence-electron chi connectivity index (χ0n) is 15.5. The average Bonchev–Trinajstić information content (AvgIpc) is 2.65. The Balaban J connectivity index is 1.65. The standard InChI is InChI=1S/C21H21ClN2O2S/c1-13-12-20(24-21-15(13)6-4-9-18(21)26-3)27-11-10-19(25)23-17-8-5-7-16(22)14(17)2/h4-9,12H,10-11H2,1-3H3,(H,23,25).